The molecule has 0 aromatic carbocycles. The average Bonchev–Trinajstić information content (AvgIpc) is 2.25. The predicted octanol–water partition coefficient (Wildman–Crippen LogP) is 6.21. The molecule has 132 valence electrons. The summed E-state index contributed by atoms with van der Waals surface area (Å²) in [5.41, 5.74) is 0. The van der Waals surface area contributed by atoms with Crippen LogP contribution >= 0.6 is 22.6 Å². The topological polar surface area (TPSA) is 0 Å². The number of halogens is 12. The highest BCUT2D eigenvalue weighted by Gasteiger charge is 2.86. The van der Waals surface area contributed by atoms with Crippen LogP contribution < -0.4 is 0 Å². The Labute approximate surface area is 130 Å². The van der Waals surface area contributed by atoms with Gasteiger partial charge in [-0.3, -0.25) is 0 Å². The summed E-state index contributed by atoms with van der Waals surface area (Å²) in [5, 5.41) is 0. The summed E-state index contributed by atoms with van der Waals surface area (Å²) < 4.78 is 138. The van der Waals surface area contributed by atoms with Crippen LogP contribution in [0.2, 0.25) is 0 Å². The molecule has 0 saturated heterocycles. The van der Waals surface area contributed by atoms with Gasteiger partial charge < -0.3 is 0 Å². The summed E-state index contributed by atoms with van der Waals surface area (Å²) >= 11 is 1.07. The Kier molecular flexibility index (Phi) is 6.22. The molecule has 0 atom stereocenters. The number of alkyl halides is 11. The first kappa shape index (κ1) is 21.7. The van der Waals surface area contributed by atoms with Crippen LogP contribution in [0.5, 0.6) is 0 Å². The van der Waals surface area contributed by atoms with Crippen LogP contribution in [-0.4, -0.2) is 29.9 Å². The van der Waals surface area contributed by atoms with E-state index in [0.717, 1.165) is 22.6 Å². The van der Waals surface area contributed by atoms with Gasteiger partial charge >= 0.3 is 29.9 Å². The van der Waals surface area contributed by atoms with Gasteiger partial charge in [0.05, 0.1) is 0 Å². The summed E-state index contributed by atoms with van der Waals surface area (Å²) in [4.78, 5) is 0. The van der Waals surface area contributed by atoms with E-state index in [2.05, 4.69) is 0 Å². The van der Waals surface area contributed by atoms with E-state index in [0.29, 0.717) is 0 Å². The second-order valence-corrected chi connectivity index (χ2v) is 5.57. The molecule has 0 fully saturated rings. The highest BCUT2D eigenvalue weighted by atomic mass is 127. The van der Waals surface area contributed by atoms with Crippen molar-refractivity contribution in [2.24, 2.45) is 0 Å². The van der Waals surface area contributed by atoms with Crippen molar-refractivity contribution in [1.29, 1.82) is 0 Å². The lowest BCUT2D eigenvalue weighted by molar-refractivity contribution is -0.416. The molecule has 0 aliphatic carbocycles. The third-order valence-corrected chi connectivity index (χ3v) is 3.24. The fourth-order valence-electron chi connectivity index (χ4n) is 1.18. The Hall–Kier alpha value is -0.300. The second kappa shape index (κ2) is 6.30. The fourth-order valence-corrected chi connectivity index (χ4v) is 2.11. The highest BCUT2D eigenvalue weighted by Crippen LogP contribution is 2.57. The lowest BCUT2D eigenvalue weighted by Crippen LogP contribution is -2.66. The third-order valence-electron chi connectivity index (χ3n) is 2.39. The van der Waals surface area contributed by atoms with Gasteiger partial charge in [-0.1, -0.05) is 13.3 Å². The van der Waals surface area contributed by atoms with Gasteiger partial charge in [0, 0.05) is 6.08 Å². The van der Waals surface area contributed by atoms with Crippen molar-refractivity contribution in [2.45, 2.75) is 49.6 Å². The molecule has 0 N–H and O–H groups in total. The highest BCUT2D eigenvalue weighted by molar-refractivity contribution is 14.1. The first-order valence-corrected chi connectivity index (χ1v) is 6.48. The summed E-state index contributed by atoms with van der Waals surface area (Å²) in [5.74, 6) is -27.5. The van der Waals surface area contributed by atoms with Gasteiger partial charge in [-0.2, -0.15) is 48.3 Å². The largest absolute Gasteiger partial charge is 0.460 e. The Morgan fingerprint density at radius 2 is 1.18 bits per heavy atom. The van der Waals surface area contributed by atoms with Gasteiger partial charge in [-0.15, -0.1) is 0 Å². The van der Waals surface area contributed by atoms with Crippen LogP contribution in [0.4, 0.5) is 48.3 Å². The summed E-state index contributed by atoms with van der Waals surface area (Å²) in [6.07, 6.45) is -8.01. The van der Waals surface area contributed by atoms with E-state index in [1.807, 2.05) is 0 Å². The van der Waals surface area contributed by atoms with Crippen molar-refractivity contribution >= 4 is 22.6 Å². The van der Waals surface area contributed by atoms with E-state index >= 15 is 0 Å². The SMILES string of the molecule is CCCC(I)=CC(F)(F)C(F)(F)C(F)(F)C(F)(F)C(F)(F)F. The number of allylic oxidation sites excluding steroid dienone is 2. The molecule has 0 aromatic rings. The molecule has 0 unspecified atom stereocenters. The van der Waals surface area contributed by atoms with E-state index in [4.69, 9.17) is 0 Å². The van der Waals surface area contributed by atoms with Crippen molar-refractivity contribution in [1.82, 2.24) is 0 Å². The quantitative estimate of drug-likeness (QED) is 0.324. The Morgan fingerprint density at radius 1 is 0.773 bits per heavy atom. The molecule has 0 saturated carbocycles. The van der Waals surface area contributed by atoms with E-state index in [9.17, 15) is 48.3 Å². The maximum absolute atomic E-state index is 13.2. The maximum Gasteiger partial charge on any atom is 0.460 e. The van der Waals surface area contributed by atoms with Gasteiger partial charge in [-0.05, 0) is 32.6 Å². The molecule has 0 spiro atoms. The predicted molar refractivity (Wildman–Crippen MR) is 62.9 cm³/mol. The molecule has 0 aliphatic heterocycles. The van der Waals surface area contributed by atoms with Gasteiger partial charge in [0.25, 0.3) is 0 Å². The Morgan fingerprint density at radius 3 is 1.50 bits per heavy atom. The van der Waals surface area contributed by atoms with Crippen LogP contribution in [0.15, 0.2) is 9.66 Å². The average molecular weight is 464 g/mol. The van der Waals surface area contributed by atoms with Crippen LogP contribution in [0.25, 0.3) is 0 Å². The number of hydrogen-bond acceptors (Lipinski definition) is 0. The lowest BCUT2D eigenvalue weighted by Gasteiger charge is -2.36. The molecule has 0 aromatic heterocycles. The molecule has 0 rings (SSSR count). The van der Waals surface area contributed by atoms with E-state index < -0.39 is 39.5 Å². The van der Waals surface area contributed by atoms with Crippen LogP contribution in [0.3, 0.4) is 0 Å². The van der Waals surface area contributed by atoms with Crippen LogP contribution in [-0.2, 0) is 0 Å². The molecule has 0 nitrogen and oxygen atoms in total. The monoisotopic (exact) mass is 464 g/mol. The molecule has 0 heterocycles. The summed E-state index contributed by atoms with van der Waals surface area (Å²) in [7, 11) is 0. The number of hydrogen-bond donors (Lipinski definition) is 0. The minimum Gasteiger partial charge on any atom is -0.195 e. The molecule has 0 aliphatic rings. The van der Waals surface area contributed by atoms with Crippen molar-refractivity contribution in [3.8, 4) is 0 Å². The zero-order valence-electron chi connectivity index (χ0n) is 10.5. The maximum atomic E-state index is 13.2. The van der Waals surface area contributed by atoms with Crippen molar-refractivity contribution in [2.75, 3.05) is 0 Å². The second-order valence-electron chi connectivity index (χ2n) is 4.19. The molecule has 12 heteroatoms. The van der Waals surface area contributed by atoms with Crippen LogP contribution in [0, 0.1) is 0 Å². The smallest absolute Gasteiger partial charge is 0.195 e. The fraction of sp³-hybridized carbons (Fsp3) is 0.800. The normalized spacial score (nSPS) is 16.1. The number of rotatable bonds is 6. The Balaban J connectivity index is 5.95. The van der Waals surface area contributed by atoms with E-state index in [1.54, 1.807) is 0 Å². The van der Waals surface area contributed by atoms with Gasteiger partial charge in [-0.25, -0.2) is 0 Å². The van der Waals surface area contributed by atoms with E-state index in [-0.39, 0.29) is 12.8 Å². The molecular weight excluding hydrogens is 456 g/mol. The van der Waals surface area contributed by atoms with Gasteiger partial charge in [0.1, 0.15) is 0 Å². The lowest BCUT2D eigenvalue weighted by atomic mass is 9.97. The summed E-state index contributed by atoms with van der Waals surface area (Å²) in [6, 6.07) is 0. The minimum absolute atomic E-state index is 0.130. The van der Waals surface area contributed by atoms with E-state index in [1.165, 1.54) is 6.92 Å². The zero-order valence-corrected chi connectivity index (χ0v) is 12.7. The molecule has 0 radical (unpaired) electrons. The van der Waals surface area contributed by atoms with Crippen molar-refractivity contribution in [3.63, 3.8) is 0 Å². The van der Waals surface area contributed by atoms with Crippen molar-refractivity contribution < 1.29 is 48.3 Å². The Bertz CT molecular complexity index is 421. The zero-order chi connectivity index (χ0) is 18.2. The first-order chi connectivity index (χ1) is 9.45. The van der Waals surface area contributed by atoms with Crippen LogP contribution in [0.1, 0.15) is 19.8 Å². The molecule has 22 heavy (non-hydrogen) atoms. The van der Waals surface area contributed by atoms with Gasteiger partial charge in [0.15, 0.2) is 0 Å². The molecule has 0 amide bonds. The third kappa shape index (κ3) is 3.61. The van der Waals surface area contributed by atoms with Gasteiger partial charge in [0.2, 0.25) is 0 Å². The minimum atomic E-state index is -7.35. The summed E-state index contributed by atoms with van der Waals surface area (Å²) in [6.45, 7) is 1.41. The first-order valence-electron chi connectivity index (χ1n) is 5.41. The molecule has 0 bridgehead atoms. The van der Waals surface area contributed by atoms with Crippen molar-refractivity contribution in [3.05, 3.63) is 9.66 Å². The standard InChI is InChI=1S/C10H8F11I/c1-2-3-5(22)4-6(11,12)7(13,14)8(15,16)9(17,18)10(19,20)21/h4H,2-3H2,1H3. The molecular formula is C10H8F11I.